The molecule has 0 N–H and O–H groups in total. The first-order chi connectivity index (χ1) is 7.40. The average molecular weight is 197 g/mol. The van der Waals surface area contributed by atoms with Crippen LogP contribution in [-0.4, -0.2) is 6.61 Å². The van der Waals surface area contributed by atoms with Gasteiger partial charge in [0.15, 0.2) is 0 Å². The fraction of sp³-hybridized carbons (Fsp3) is 0.0714. The van der Waals surface area contributed by atoms with Gasteiger partial charge in [-0.1, -0.05) is 42.5 Å². The third kappa shape index (κ3) is 2.38. The van der Waals surface area contributed by atoms with Crippen molar-refractivity contribution < 1.29 is 4.74 Å². The first-order valence-corrected chi connectivity index (χ1v) is 4.97. The van der Waals surface area contributed by atoms with Crippen molar-refractivity contribution in [1.29, 1.82) is 0 Å². The van der Waals surface area contributed by atoms with Crippen LogP contribution in [0.1, 0.15) is 0 Å². The molecule has 0 aromatic heterocycles. The molecule has 0 saturated heterocycles. The van der Waals surface area contributed by atoms with Crippen LogP contribution in [0.4, 0.5) is 0 Å². The molecular weight excluding hydrogens is 184 g/mol. The van der Waals surface area contributed by atoms with Crippen molar-refractivity contribution in [3.63, 3.8) is 0 Å². The molecule has 2 aromatic carbocycles. The molecule has 0 fully saturated rings. The Hall–Kier alpha value is -1.76. The first kappa shape index (κ1) is 9.78. The van der Waals surface area contributed by atoms with Crippen molar-refractivity contribution in [2.75, 3.05) is 6.61 Å². The maximum atomic E-state index is 5.29. The third-order valence-corrected chi connectivity index (χ3v) is 2.23. The highest BCUT2D eigenvalue weighted by Crippen LogP contribution is 2.21. The van der Waals surface area contributed by atoms with E-state index in [2.05, 4.69) is 31.2 Å². The second-order valence-electron chi connectivity index (χ2n) is 3.24. The van der Waals surface area contributed by atoms with Gasteiger partial charge in [-0.15, -0.1) is 0 Å². The standard InChI is InChI=1S/C14H13O/c1-2-15-14-10-8-13(9-11-14)12-6-4-3-5-7-12/h3-11H,1-2H2. The predicted octanol–water partition coefficient (Wildman–Crippen LogP) is 3.57. The molecule has 0 heterocycles. The fourth-order valence-electron chi connectivity index (χ4n) is 1.49. The number of rotatable bonds is 3. The van der Waals surface area contributed by atoms with Gasteiger partial charge in [0.25, 0.3) is 0 Å². The minimum absolute atomic E-state index is 0.463. The van der Waals surface area contributed by atoms with Gasteiger partial charge in [0.1, 0.15) is 5.75 Å². The van der Waals surface area contributed by atoms with Gasteiger partial charge >= 0.3 is 0 Å². The van der Waals surface area contributed by atoms with E-state index in [0.717, 1.165) is 5.75 Å². The van der Waals surface area contributed by atoms with Crippen LogP contribution in [0.5, 0.6) is 5.75 Å². The summed E-state index contributed by atoms with van der Waals surface area (Å²) in [6, 6.07) is 18.3. The lowest BCUT2D eigenvalue weighted by molar-refractivity contribution is 0.361. The molecular formula is C14H13O. The molecule has 0 amide bonds. The first-order valence-electron chi connectivity index (χ1n) is 4.97. The number of hydrogen-bond acceptors (Lipinski definition) is 1. The molecule has 0 atom stereocenters. The Bertz CT molecular complexity index is 403. The van der Waals surface area contributed by atoms with Gasteiger partial charge < -0.3 is 4.74 Å². The molecule has 0 aliphatic rings. The van der Waals surface area contributed by atoms with Crippen LogP contribution in [-0.2, 0) is 0 Å². The second kappa shape index (κ2) is 4.65. The lowest BCUT2D eigenvalue weighted by Gasteiger charge is -2.04. The molecule has 1 heteroatoms. The van der Waals surface area contributed by atoms with Crippen molar-refractivity contribution in [2.24, 2.45) is 0 Å². The van der Waals surface area contributed by atoms with Crippen LogP contribution >= 0.6 is 0 Å². The highest BCUT2D eigenvalue weighted by Gasteiger charge is 1.96. The molecule has 1 radical (unpaired) electrons. The van der Waals surface area contributed by atoms with E-state index in [4.69, 9.17) is 4.74 Å². The highest BCUT2D eigenvalue weighted by molar-refractivity contribution is 5.63. The molecule has 0 aliphatic carbocycles. The Labute approximate surface area is 90.3 Å². The Morgan fingerprint density at radius 1 is 0.800 bits per heavy atom. The summed E-state index contributed by atoms with van der Waals surface area (Å²) in [4.78, 5) is 0. The normalized spacial score (nSPS) is 9.93. The molecule has 0 unspecified atom stereocenters. The van der Waals surface area contributed by atoms with E-state index in [1.165, 1.54) is 11.1 Å². The third-order valence-electron chi connectivity index (χ3n) is 2.23. The number of hydrogen-bond donors (Lipinski definition) is 0. The maximum Gasteiger partial charge on any atom is 0.119 e. The van der Waals surface area contributed by atoms with Gasteiger partial charge in [0, 0.05) is 0 Å². The van der Waals surface area contributed by atoms with Gasteiger partial charge in [-0.3, -0.25) is 0 Å². The monoisotopic (exact) mass is 197 g/mol. The van der Waals surface area contributed by atoms with Crippen LogP contribution < -0.4 is 4.74 Å². The lowest BCUT2D eigenvalue weighted by Crippen LogP contribution is -1.90. The zero-order chi connectivity index (χ0) is 10.5. The average Bonchev–Trinajstić information content (AvgIpc) is 2.32. The zero-order valence-corrected chi connectivity index (χ0v) is 8.52. The van der Waals surface area contributed by atoms with Gasteiger partial charge in [-0.25, -0.2) is 0 Å². The van der Waals surface area contributed by atoms with E-state index in [-0.39, 0.29) is 0 Å². The van der Waals surface area contributed by atoms with E-state index >= 15 is 0 Å². The summed E-state index contributed by atoms with van der Waals surface area (Å²) in [6.45, 7) is 4.10. The molecule has 75 valence electrons. The van der Waals surface area contributed by atoms with Crippen LogP contribution in [0.3, 0.4) is 0 Å². The molecule has 15 heavy (non-hydrogen) atoms. The van der Waals surface area contributed by atoms with Crippen molar-refractivity contribution in [3.8, 4) is 16.9 Å². The van der Waals surface area contributed by atoms with Crippen molar-refractivity contribution in [2.45, 2.75) is 0 Å². The predicted molar refractivity (Wildman–Crippen MR) is 62.7 cm³/mol. The Morgan fingerprint density at radius 3 is 2.00 bits per heavy atom. The van der Waals surface area contributed by atoms with E-state index in [1.54, 1.807) is 0 Å². The molecule has 2 aromatic rings. The van der Waals surface area contributed by atoms with Gasteiger partial charge in [-0.2, -0.15) is 0 Å². The van der Waals surface area contributed by atoms with Gasteiger partial charge in [-0.05, 0) is 30.2 Å². The van der Waals surface area contributed by atoms with Crippen LogP contribution in [0, 0.1) is 6.92 Å². The van der Waals surface area contributed by atoms with E-state index in [9.17, 15) is 0 Å². The van der Waals surface area contributed by atoms with Crippen molar-refractivity contribution in [1.82, 2.24) is 0 Å². The van der Waals surface area contributed by atoms with Gasteiger partial charge in [0.2, 0.25) is 0 Å². The number of ether oxygens (including phenoxy) is 1. The van der Waals surface area contributed by atoms with Crippen molar-refractivity contribution >= 4 is 0 Å². The number of benzene rings is 2. The SMILES string of the molecule is [CH2]COc1ccc(-c2ccccc2)cc1. The Morgan fingerprint density at radius 2 is 1.40 bits per heavy atom. The molecule has 0 spiro atoms. The summed E-state index contributed by atoms with van der Waals surface area (Å²) >= 11 is 0. The topological polar surface area (TPSA) is 9.23 Å². The molecule has 0 bridgehead atoms. The second-order valence-corrected chi connectivity index (χ2v) is 3.24. The van der Waals surface area contributed by atoms with Crippen molar-refractivity contribution in [3.05, 3.63) is 61.5 Å². The summed E-state index contributed by atoms with van der Waals surface area (Å²) in [6.07, 6.45) is 0. The largest absolute Gasteiger partial charge is 0.494 e. The van der Waals surface area contributed by atoms with E-state index in [0.29, 0.717) is 6.61 Å². The summed E-state index contributed by atoms with van der Waals surface area (Å²) in [5.41, 5.74) is 2.42. The van der Waals surface area contributed by atoms with Crippen LogP contribution in [0.15, 0.2) is 54.6 Å². The van der Waals surface area contributed by atoms with Crippen LogP contribution in [0.2, 0.25) is 0 Å². The molecule has 1 nitrogen and oxygen atoms in total. The molecule has 0 saturated carbocycles. The molecule has 0 aliphatic heterocycles. The summed E-state index contributed by atoms with van der Waals surface area (Å²) in [7, 11) is 0. The fourth-order valence-corrected chi connectivity index (χ4v) is 1.49. The van der Waals surface area contributed by atoms with Gasteiger partial charge in [0.05, 0.1) is 6.61 Å². The highest BCUT2D eigenvalue weighted by atomic mass is 16.5. The van der Waals surface area contributed by atoms with Crippen LogP contribution in [0.25, 0.3) is 11.1 Å². The Balaban J connectivity index is 2.24. The summed E-state index contributed by atoms with van der Waals surface area (Å²) in [5.74, 6) is 0.865. The molecule has 2 rings (SSSR count). The lowest BCUT2D eigenvalue weighted by atomic mass is 10.1. The van der Waals surface area contributed by atoms with E-state index < -0.39 is 0 Å². The minimum Gasteiger partial charge on any atom is -0.494 e. The van der Waals surface area contributed by atoms with E-state index in [1.807, 2.05) is 30.3 Å². The quantitative estimate of drug-likeness (QED) is 0.731. The smallest absolute Gasteiger partial charge is 0.119 e. The summed E-state index contributed by atoms with van der Waals surface area (Å²) < 4.78 is 5.29. The Kier molecular flexibility index (Phi) is 3.03. The maximum absolute atomic E-state index is 5.29. The minimum atomic E-state index is 0.463. The zero-order valence-electron chi connectivity index (χ0n) is 8.52. The summed E-state index contributed by atoms with van der Waals surface area (Å²) in [5, 5.41) is 0.